The van der Waals surface area contributed by atoms with E-state index in [0.29, 0.717) is 5.69 Å². The molecule has 0 heterocycles. The number of carbonyl (C=O) groups is 1. The summed E-state index contributed by atoms with van der Waals surface area (Å²) in [5.41, 5.74) is 6.18. The average Bonchev–Trinajstić information content (AvgIpc) is 2.50. The number of nitrogens with two attached hydrogens (primary N) is 1. The molecule has 6 heteroatoms. The second-order valence-corrected chi connectivity index (χ2v) is 4.36. The molecule has 0 spiro atoms. The van der Waals surface area contributed by atoms with Gasteiger partial charge >= 0.3 is 5.97 Å². The summed E-state index contributed by atoms with van der Waals surface area (Å²) in [6.45, 7) is 0. The highest BCUT2D eigenvalue weighted by Gasteiger charge is 2.13. The monoisotopic (exact) mass is 306 g/mol. The molecule has 0 atom stereocenters. The second kappa shape index (κ2) is 6.85. The number of hydrogen-bond acceptors (Lipinski definition) is 3. The predicted molar refractivity (Wildman–Crippen MR) is 79.8 cm³/mol. The highest BCUT2D eigenvalue weighted by atomic mass is 35.5. The molecule has 2 rings (SSSR count). The molecule has 4 nitrogen and oxygen atoms in total. The van der Waals surface area contributed by atoms with Crippen LogP contribution in [0.2, 0.25) is 0 Å². The van der Waals surface area contributed by atoms with Crippen LogP contribution in [-0.2, 0) is 0 Å². The van der Waals surface area contributed by atoms with Crippen molar-refractivity contribution in [2.45, 2.75) is 0 Å². The molecular formula is C15H12ClFN2O2. The van der Waals surface area contributed by atoms with Crippen LogP contribution >= 0.6 is 11.6 Å². The van der Waals surface area contributed by atoms with Gasteiger partial charge in [-0.05, 0) is 36.4 Å². The smallest absolute Gasteiger partial charge is 0.345 e. The molecule has 2 aromatic rings. The van der Waals surface area contributed by atoms with Crippen LogP contribution in [0.3, 0.4) is 0 Å². The fourth-order valence-electron chi connectivity index (χ4n) is 1.59. The minimum absolute atomic E-state index is 0.0569. The first-order valence-corrected chi connectivity index (χ1v) is 6.59. The van der Waals surface area contributed by atoms with Crippen LogP contribution in [0.25, 0.3) is 0 Å². The molecule has 108 valence electrons. The lowest BCUT2D eigenvalue weighted by Gasteiger charge is -2.07. The SMILES string of the molecule is NC(CCl)=Nc1ccccc1C(=O)Oc1ccc(F)cc1. The van der Waals surface area contributed by atoms with Crippen LogP contribution < -0.4 is 10.5 Å². The van der Waals surface area contributed by atoms with Gasteiger partial charge in [0.15, 0.2) is 0 Å². The van der Waals surface area contributed by atoms with Gasteiger partial charge < -0.3 is 10.5 Å². The molecule has 0 radical (unpaired) electrons. The van der Waals surface area contributed by atoms with Gasteiger partial charge in [-0.2, -0.15) is 0 Å². The Balaban J connectivity index is 2.25. The number of ether oxygens (including phenoxy) is 1. The minimum atomic E-state index is -0.608. The summed E-state index contributed by atoms with van der Waals surface area (Å²) in [5, 5.41) is 0. The van der Waals surface area contributed by atoms with E-state index in [1.54, 1.807) is 24.3 Å². The number of benzene rings is 2. The average molecular weight is 307 g/mol. The Morgan fingerprint density at radius 2 is 1.86 bits per heavy atom. The van der Waals surface area contributed by atoms with Gasteiger partial charge in [-0.25, -0.2) is 14.2 Å². The van der Waals surface area contributed by atoms with Crippen LogP contribution in [0, 0.1) is 5.82 Å². The van der Waals surface area contributed by atoms with Crippen molar-refractivity contribution in [2.75, 3.05) is 5.88 Å². The Labute approximate surface area is 126 Å². The third-order valence-corrected chi connectivity index (χ3v) is 2.82. The van der Waals surface area contributed by atoms with E-state index in [1.807, 2.05) is 0 Å². The first-order chi connectivity index (χ1) is 10.1. The van der Waals surface area contributed by atoms with Crippen LogP contribution in [0.4, 0.5) is 10.1 Å². The lowest BCUT2D eigenvalue weighted by molar-refractivity contribution is 0.0735. The molecule has 2 N–H and O–H groups in total. The van der Waals surface area contributed by atoms with Gasteiger partial charge in [-0.3, -0.25) is 0 Å². The van der Waals surface area contributed by atoms with E-state index >= 15 is 0 Å². The van der Waals surface area contributed by atoms with E-state index in [9.17, 15) is 9.18 Å². The summed E-state index contributed by atoms with van der Waals surface area (Å²) in [7, 11) is 0. The Bertz CT molecular complexity index is 672. The molecule has 2 aromatic carbocycles. The molecule has 0 saturated carbocycles. The summed E-state index contributed by atoms with van der Waals surface area (Å²) in [4.78, 5) is 16.2. The highest BCUT2D eigenvalue weighted by molar-refractivity contribution is 6.28. The van der Waals surface area contributed by atoms with Crippen molar-refractivity contribution >= 4 is 29.1 Å². The first kappa shape index (κ1) is 15.0. The standard InChI is InChI=1S/C15H12ClFN2O2/c16-9-14(18)19-13-4-2-1-3-12(13)15(20)21-11-7-5-10(17)6-8-11/h1-8H,9H2,(H2,18,19). The third-order valence-electron chi connectivity index (χ3n) is 2.55. The van der Waals surface area contributed by atoms with Gasteiger partial charge in [0, 0.05) is 0 Å². The number of rotatable bonds is 4. The van der Waals surface area contributed by atoms with Gasteiger partial charge in [0.05, 0.1) is 17.1 Å². The zero-order chi connectivity index (χ0) is 15.2. The molecule has 21 heavy (non-hydrogen) atoms. The van der Waals surface area contributed by atoms with Crippen LogP contribution in [0.5, 0.6) is 5.75 Å². The zero-order valence-electron chi connectivity index (χ0n) is 10.9. The summed E-state index contributed by atoms with van der Waals surface area (Å²) in [5.74, 6) is -0.524. The summed E-state index contributed by atoms with van der Waals surface area (Å²) in [6.07, 6.45) is 0. The molecule has 0 aliphatic carbocycles. The number of esters is 1. The van der Waals surface area contributed by atoms with E-state index in [1.165, 1.54) is 24.3 Å². The predicted octanol–water partition coefficient (Wildman–Crippen LogP) is 3.27. The summed E-state index contributed by atoms with van der Waals surface area (Å²) < 4.78 is 18.0. The lowest BCUT2D eigenvalue weighted by Crippen LogP contribution is -2.14. The van der Waals surface area contributed by atoms with E-state index in [4.69, 9.17) is 22.1 Å². The Morgan fingerprint density at radius 1 is 1.19 bits per heavy atom. The number of para-hydroxylation sites is 1. The quantitative estimate of drug-likeness (QED) is 0.310. The molecule has 0 aromatic heterocycles. The maximum atomic E-state index is 12.8. The van der Waals surface area contributed by atoms with Gasteiger partial charge in [-0.15, -0.1) is 11.6 Å². The van der Waals surface area contributed by atoms with Gasteiger partial charge in [0.25, 0.3) is 0 Å². The van der Waals surface area contributed by atoms with Gasteiger partial charge in [0.2, 0.25) is 0 Å². The molecule has 0 unspecified atom stereocenters. The lowest BCUT2D eigenvalue weighted by atomic mass is 10.2. The highest BCUT2D eigenvalue weighted by Crippen LogP contribution is 2.21. The van der Waals surface area contributed by atoms with Crippen molar-refractivity contribution in [3.05, 3.63) is 59.9 Å². The minimum Gasteiger partial charge on any atom is -0.423 e. The van der Waals surface area contributed by atoms with Crippen molar-refractivity contribution in [3.8, 4) is 5.75 Å². The maximum Gasteiger partial charge on any atom is 0.345 e. The fraction of sp³-hybridized carbons (Fsp3) is 0.0667. The fourth-order valence-corrected chi connectivity index (χ4v) is 1.65. The van der Waals surface area contributed by atoms with E-state index < -0.39 is 11.8 Å². The van der Waals surface area contributed by atoms with E-state index in [2.05, 4.69) is 4.99 Å². The van der Waals surface area contributed by atoms with Crippen molar-refractivity contribution in [2.24, 2.45) is 10.7 Å². The Hall–Kier alpha value is -2.40. The molecular weight excluding hydrogens is 295 g/mol. The topological polar surface area (TPSA) is 64.7 Å². The molecule has 0 saturated heterocycles. The number of aliphatic imine (C=N–C) groups is 1. The van der Waals surface area contributed by atoms with Gasteiger partial charge in [-0.1, -0.05) is 12.1 Å². The number of halogens is 2. The van der Waals surface area contributed by atoms with Gasteiger partial charge in [0.1, 0.15) is 17.4 Å². The molecule has 0 aliphatic heterocycles. The first-order valence-electron chi connectivity index (χ1n) is 6.06. The van der Waals surface area contributed by atoms with Crippen molar-refractivity contribution in [1.82, 2.24) is 0 Å². The molecule has 0 amide bonds. The molecule has 0 fully saturated rings. The maximum absolute atomic E-state index is 12.8. The number of nitrogens with zero attached hydrogens (tertiary/aromatic N) is 1. The van der Waals surface area contributed by atoms with E-state index in [0.717, 1.165) is 0 Å². The Kier molecular flexibility index (Phi) is 4.90. The third kappa shape index (κ3) is 4.03. The van der Waals surface area contributed by atoms with E-state index in [-0.39, 0.29) is 23.0 Å². The number of hydrogen-bond donors (Lipinski definition) is 1. The summed E-state index contributed by atoms with van der Waals surface area (Å²) in [6, 6.07) is 11.7. The zero-order valence-corrected chi connectivity index (χ0v) is 11.7. The number of alkyl halides is 1. The molecule has 0 aliphatic rings. The van der Waals surface area contributed by atoms with Crippen LogP contribution in [0.1, 0.15) is 10.4 Å². The van der Waals surface area contributed by atoms with Crippen LogP contribution in [-0.4, -0.2) is 17.7 Å². The van der Waals surface area contributed by atoms with Crippen molar-refractivity contribution < 1.29 is 13.9 Å². The second-order valence-electron chi connectivity index (χ2n) is 4.10. The number of carbonyl (C=O) groups excluding carboxylic acids is 1. The summed E-state index contributed by atoms with van der Waals surface area (Å²) >= 11 is 5.57. The van der Waals surface area contributed by atoms with Crippen molar-refractivity contribution in [1.29, 1.82) is 0 Å². The number of amidine groups is 1. The van der Waals surface area contributed by atoms with Crippen molar-refractivity contribution in [3.63, 3.8) is 0 Å². The largest absolute Gasteiger partial charge is 0.423 e. The molecule has 0 bridgehead atoms. The Morgan fingerprint density at radius 3 is 2.52 bits per heavy atom. The van der Waals surface area contributed by atoms with Crippen LogP contribution in [0.15, 0.2) is 53.5 Å². The normalized spacial score (nSPS) is 11.2.